The Balaban J connectivity index is 1.40. The van der Waals surface area contributed by atoms with Gasteiger partial charge in [-0.25, -0.2) is 14.1 Å². The fraction of sp³-hybridized carbons (Fsp3) is 0.250. The molecule has 0 saturated heterocycles. The van der Waals surface area contributed by atoms with Gasteiger partial charge in [-0.3, -0.25) is 19.1 Å². The van der Waals surface area contributed by atoms with E-state index in [0.717, 1.165) is 16.3 Å². The molecule has 40 heavy (non-hydrogen) atoms. The highest BCUT2D eigenvalue weighted by molar-refractivity contribution is 7.52. The number of carbonyl (C=O) groups excluding carboxylic acids is 1. The summed E-state index contributed by atoms with van der Waals surface area (Å²) in [6.45, 7) is 0.839. The van der Waals surface area contributed by atoms with Crippen LogP contribution in [0.2, 0.25) is 0 Å². The number of nitrogen functional groups attached to an aromatic ring is 1. The lowest BCUT2D eigenvalue weighted by Gasteiger charge is -2.25. The van der Waals surface area contributed by atoms with Gasteiger partial charge in [-0.2, -0.15) is 10.1 Å². The number of fused-ring (bicyclic) bond motifs is 2. The molecule has 2 aromatic heterocycles. The Hall–Kier alpha value is -4.43. The maximum absolute atomic E-state index is 13.9. The summed E-state index contributed by atoms with van der Waals surface area (Å²) in [5.41, 5.74) is 4.90. The zero-order chi connectivity index (χ0) is 28.6. The van der Waals surface area contributed by atoms with Crippen molar-refractivity contribution in [2.45, 2.75) is 25.2 Å². The van der Waals surface area contributed by atoms with Crippen LogP contribution in [-0.2, 0) is 23.4 Å². The summed E-state index contributed by atoms with van der Waals surface area (Å²) >= 11 is 0. The minimum Gasteiger partial charge on any atom is -0.505 e. The topological polar surface area (TPSA) is 213 Å². The van der Waals surface area contributed by atoms with Crippen molar-refractivity contribution in [3.8, 4) is 5.75 Å². The number of nitrogens with one attached hydrogen (secondary N) is 2. The van der Waals surface area contributed by atoms with Gasteiger partial charge in [-0.05, 0) is 18.4 Å². The summed E-state index contributed by atoms with van der Waals surface area (Å²) in [6, 6.07) is 11.2. The standard InChI is InChI=1S/C24H25N6O9P/c1-12(23(34)36-2)29-40(35,39-15-9-5-7-13-6-3-4-8-14(13)15)37-10-16-18(31)19(32)22(38-16)30-11-26-17-20(30)27-24(25)28-21(17)33/h3-9,11-12,16,18,31-32H,10H2,1-2H3,(H,29,35)(H3,25,27,28,33)/t12-,16+,18?,40?/m0/s1. The molecule has 4 aromatic rings. The number of H-pyrrole nitrogens is 1. The predicted molar refractivity (Wildman–Crippen MR) is 142 cm³/mol. The van der Waals surface area contributed by atoms with E-state index >= 15 is 0 Å². The number of esters is 1. The molecule has 0 amide bonds. The Morgan fingerprint density at radius 2 is 2.05 bits per heavy atom. The van der Waals surface area contributed by atoms with Crippen molar-refractivity contribution in [3.05, 3.63) is 64.9 Å². The van der Waals surface area contributed by atoms with Crippen molar-refractivity contribution in [2.75, 3.05) is 19.5 Å². The average molecular weight is 572 g/mol. The summed E-state index contributed by atoms with van der Waals surface area (Å²) in [4.78, 5) is 34.4. The van der Waals surface area contributed by atoms with E-state index in [4.69, 9.17) is 24.3 Å². The number of methoxy groups -OCH3 is 1. The number of aliphatic hydroxyl groups excluding tert-OH is 2. The van der Waals surface area contributed by atoms with Gasteiger partial charge >= 0.3 is 13.7 Å². The molecule has 0 radical (unpaired) electrons. The fourth-order valence-electron chi connectivity index (χ4n) is 4.08. The predicted octanol–water partition coefficient (Wildman–Crippen LogP) is 1.65. The molecule has 0 fully saturated rings. The number of imidazole rings is 1. The third-order valence-electron chi connectivity index (χ3n) is 6.04. The molecule has 3 heterocycles. The minimum absolute atomic E-state index is 0.0323. The van der Waals surface area contributed by atoms with Crippen molar-refractivity contribution in [1.29, 1.82) is 0 Å². The summed E-state index contributed by atoms with van der Waals surface area (Å²) in [7, 11) is -3.16. The highest BCUT2D eigenvalue weighted by Gasteiger charge is 2.41. The molecular formula is C24H25N6O9P. The van der Waals surface area contributed by atoms with E-state index in [-0.39, 0.29) is 28.7 Å². The van der Waals surface area contributed by atoms with E-state index in [1.165, 1.54) is 14.0 Å². The van der Waals surface area contributed by atoms with Crippen molar-refractivity contribution in [1.82, 2.24) is 24.6 Å². The highest BCUT2D eigenvalue weighted by atomic mass is 31.2. The Morgan fingerprint density at radius 3 is 2.83 bits per heavy atom. The zero-order valence-electron chi connectivity index (χ0n) is 21.2. The first-order valence-electron chi connectivity index (χ1n) is 11.9. The number of anilines is 1. The van der Waals surface area contributed by atoms with E-state index in [2.05, 4.69) is 20.0 Å². The molecule has 0 bridgehead atoms. The third kappa shape index (κ3) is 5.10. The number of aromatic amines is 1. The second-order valence-corrected chi connectivity index (χ2v) is 10.5. The normalized spacial score (nSPS) is 19.4. The number of benzene rings is 2. The lowest BCUT2D eigenvalue weighted by atomic mass is 10.1. The Labute approximate surface area is 225 Å². The third-order valence-corrected chi connectivity index (χ3v) is 7.67. The number of hydrogen-bond donors (Lipinski definition) is 5. The van der Waals surface area contributed by atoms with E-state index in [9.17, 15) is 24.4 Å². The number of aliphatic hydroxyl groups is 2. The number of carbonyl (C=O) groups is 1. The SMILES string of the molecule is COC(=O)[C@H](C)NP(=O)(OC[C@H]1OC(n2cnc3c(=O)[nH]c(N)nc32)=C(O)C1O)Oc1cccc2ccccc12. The molecule has 6 N–H and O–H groups in total. The molecule has 4 atom stereocenters. The van der Waals surface area contributed by atoms with Gasteiger partial charge < -0.3 is 29.9 Å². The highest BCUT2D eigenvalue weighted by Crippen LogP contribution is 2.47. The molecule has 15 nitrogen and oxygen atoms in total. The Bertz CT molecular complexity index is 1730. The summed E-state index contributed by atoms with van der Waals surface area (Å²) in [6.07, 6.45) is -1.76. The van der Waals surface area contributed by atoms with Crippen LogP contribution in [0.15, 0.2) is 59.3 Å². The number of hydrogen-bond acceptors (Lipinski definition) is 12. The molecule has 1 aliphatic rings. The van der Waals surface area contributed by atoms with Gasteiger partial charge in [0, 0.05) is 5.39 Å². The summed E-state index contributed by atoms with van der Waals surface area (Å²) < 4.78 is 36.9. The average Bonchev–Trinajstić information content (AvgIpc) is 3.47. The van der Waals surface area contributed by atoms with E-state index in [1.54, 1.807) is 24.3 Å². The smallest absolute Gasteiger partial charge is 0.459 e. The Kier molecular flexibility index (Phi) is 7.21. The van der Waals surface area contributed by atoms with Crippen LogP contribution in [0.1, 0.15) is 6.92 Å². The molecule has 1 aliphatic heterocycles. The molecular weight excluding hydrogens is 547 g/mol. The van der Waals surface area contributed by atoms with Crippen LogP contribution in [0.4, 0.5) is 5.95 Å². The van der Waals surface area contributed by atoms with Crippen LogP contribution in [0, 0.1) is 0 Å². The summed E-state index contributed by atoms with van der Waals surface area (Å²) in [5, 5.41) is 25.2. The maximum Gasteiger partial charge on any atom is 0.459 e. The molecule has 2 unspecified atom stereocenters. The van der Waals surface area contributed by atoms with Crippen LogP contribution < -0.4 is 20.9 Å². The largest absolute Gasteiger partial charge is 0.505 e. The number of ether oxygens (including phenoxy) is 2. The van der Waals surface area contributed by atoms with Crippen molar-refractivity contribution in [2.24, 2.45) is 0 Å². The number of nitrogens with zero attached hydrogens (tertiary/aromatic N) is 3. The molecule has 0 saturated carbocycles. The van der Waals surface area contributed by atoms with Crippen LogP contribution in [-0.4, -0.2) is 67.7 Å². The van der Waals surface area contributed by atoms with E-state index in [0.29, 0.717) is 5.39 Å². The summed E-state index contributed by atoms with van der Waals surface area (Å²) in [5.74, 6) is -1.62. The van der Waals surface area contributed by atoms with Crippen molar-refractivity contribution < 1.29 is 38.1 Å². The molecule has 5 rings (SSSR count). The first-order valence-corrected chi connectivity index (χ1v) is 13.4. The van der Waals surface area contributed by atoms with Gasteiger partial charge in [-0.15, -0.1) is 0 Å². The minimum atomic E-state index is -4.34. The monoisotopic (exact) mass is 572 g/mol. The van der Waals surface area contributed by atoms with E-state index in [1.807, 2.05) is 18.2 Å². The lowest BCUT2D eigenvalue weighted by molar-refractivity contribution is -0.142. The molecule has 2 aromatic carbocycles. The maximum atomic E-state index is 13.9. The van der Waals surface area contributed by atoms with Crippen molar-refractivity contribution in [3.63, 3.8) is 0 Å². The second kappa shape index (κ2) is 10.6. The molecule has 0 spiro atoms. The van der Waals surface area contributed by atoms with Gasteiger partial charge in [-0.1, -0.05) is 36.4 Å². The number of aromatic nitrogens is 4. The first kappa shape index (κ1) is 27.1. The second-order valence-electron chi connectivity index (χ2n) is 8.77. The van der Waals surface area contributed by atoms with Gasteiger partial charge in [0.1, 0.15) is 18.1 Å². The van der Waals surface area contributed by atoms with Crippen LogP contribution in [0.3, 0.4) is 0 Å². The van der Waals surface area contributed by atoms with Crippen molar-refractivity contribution >= 4 is 47.5 Å². The molecule has 16 heteroatoms. The quantitative estimate of drug-likeness (QED) is 0.143. The number of nitrogens with two attached hydrogens (primary N) is 1. The van der Waals surface area contributed by atoms with E-state index < -0.39 is 49.9 Å². The van der Waals surface area contributed by atoms with Crippen LogP contribution in [0.25, 0.3) is 27.8 Å². The first-order chi connectivity index (χ1) is 19.1. The Morgan fingerprint density at radius 1 is 1.30 bits per heavy atom. The number of rotatable bonds is 9. The molecule has 0 aliphatic carbocycles. The lowest BCUT2D eigenvalue weighted by Crippen LogP contribution is -2.36. The zero-order valence-corrected chi connectivity index (χ0v) is 22.1. The van der Waals surface area contributed by atoms with Gasteiger partial charge in [0.05, 0.1) is 13.7 Å². The molecule has 210 valence electrons. The van der Waals surface area contributed by atoms with Crippen LogP contribution >= 0.6 is 7.75 Å². The van der Waals surface area contributed by atoms with Crippen LogP contribution in [0.5, 0.6) is 5.75 Å². The van der Waals surface area contributed by atoms with Gasteiger partial charge in [0.15, 0.2) is 29.1 Å². The van der Waals surface area contributed by atoms with Gasteiger partial charge in [0.2, 0.25) is 11.8 Å². The van der Waals surface area contributed by atoms with Gasteiger partial charge in [0.25, 0.3) is 5.56 Å². The fourth-order valence-corrected chi connectivity index (χ4v) is 5.61.